The summed E-state index contributed by atoms with van der Waals surface area (Å²) in [6.45, 7) is 1.97. The number of carbonyl (C=O) groups excluding carboxylic acids is 2. The molecule has 0 bridgehead atoms. The maximum absolute atomic E-state index is 13.3. The van der Waals surface area contributed by atoms with Gasteiger partial charge in [0.1, 0.15) is 11.6 Å². The number of rotatable bonds is 11. The van der Waals surface area contributed by atoms with Gasteiger partial charge in [-0.15, -0.1) is 6.58 Å². The minimum atomic E-state index is -3.99. The van der Waals surface area contributed by atoms with Crippen molar-refractivity contribution in [2.45, 2.75) is 32.1 Å². The highest BCUT2D eigenvalue weighted by Crippen LogP contribution is 2.31. The van der Waals surface area contributed by atoms with Crippen molar-refractivity contribution in [3.05, 3.63) is 65.7 Å². The van der Waals surface area contributed by atoms with Gasteiger partial charge in [-0.25, -0.2) is 17.5 Å². The van der Waals surface area contributed by atoms with Gasteiger partial charge in [0.15, 0.2) is 5.82 Å². The van der Waals surface area contributed by atoms with E-state index in [0.717, 1.165) is 10.4 Å². The number of aromatic nitrogens is 1. The molecule has 1 aromatic heterocycles. The van der Waals surface area contributed by atoms with Crippen molar-refractivity contribution in [3.63, 3.8) is 0 Å². The van der Waals surface area contributed by atoms with Crippen LogP contribution in [0.1, 0.15) is 41.3 Å². The predicted octanol–water partition coefficient (Wildman–Crippen LogP) is 3.49. The van der Waals surface area contributed by atoms with Gasteiger partial charge in [0.2, 0.25) is 21.8 Å². The molecule has 13 heteroatoms. The summed E-state index contributed by atoms with van der Waals surface area (Å²) >= 11 is 0. The predicted molar refractivity (Wildman–Crippen MR) is 137 cm³/mol. The highest BCUT2D eigenvalue weighted by Gasteiger charge is 2.35. The molecule has 39 heavy (non-hydrogen) atoms. The summed E-state index contributed by atoms with van der Waals surface area (Å²) < 4.78 is 62.4. The standard InChI is InChI=1S/C26H28F2N4O6S/c1-3-12-32(39(35,36)17-18-8-6-5-7-9-18)24(33)19-10-13-31(14-11-19)22-20(16-29)15-21(25(34)37-4-2)23(30-22)38-26(27)28/h3,5-9,15,19,26H,1,4,10-14,17H2,2H3. The van der Waals surface area contributed by atoms with E-state index >= 15 is 0 Å². The molecule has 1 amide bonds. The van der Waals surface area contributed by atoms with Crippen LogP contribution in [0.25, 0.3) is 0 Å². The minimum Gasteiger partial charge on any atom is -0.462 e. The fourth-order valence-corrected chi connectivity index (χ4v) is 5.73. The number of hydrogen-bond donors (Lipinski definition) is 0. The summed E-state index contributed by atoms with van der Waals surface area (Å²) in [5.74, 6) is -3.20. The Labute approximate surface area is 225 Å². The zero-order chi connectivity index (χ0) is 28.6. The zero-order valence-corrected chi connectivity index (χ0v) is 22.1. The van der Waals surface area contributed by atoms with E-state index in [1.165, 1.54) is 13.0 Å². The molecular weight excluding hydrogens is 534 g/mol. The summed E-state index contributed by atoms with van der Waals surface area (Å²) in [7, 11) is -3.99. The average molecular weight is 563 g/mol. The maximum atomic E-state index is 13.3. The van der Waals surface area contributed by atoms with Crippen molar-refractivity contribution in [1.82, 2.24) is 9.29 Å². The summed E-state index contributed by atoms with van der Waals surface area (Å²) in [5, 5.41) is 9.65. The van der Waals surface area contributed by atoms with Gasteiger partial charge in [-0.1, -0.05) is 36.4 Å². The molecule has 1 aliphatic heterocycles. The first-order valence-electron chi connectivity index (χ1n) is 12.1. The topological polar surface area (TPSA) is 130 Å². The molecule has 1 saturated heterocycles. The fraction of sp³-hybridized carbons (Fsp3) is 0.385. The molecule has 2 aromatic rings. The van der Waals surface area contributed by atoms with Crippen LogP contribution in [0.2, 0.25) is 0 Å². The SMILES string of the molecule is C=CCN(C(=O)C1CCN(c2nc(OC(F)F)c(C(=O)OCC)cc2C#N)CC1)S(=O)(=O)Cc1ccccc1. The van der Waals surface area contributed by atoms with Crippen LogP contribution < -0.4 is 9.64 Å². The molecule has 1 aromatic carbocycles. The van der Waals surface area contributed by atoms with Crippen LogP contribution in [-0.4, -0.2) is 62.4 Å². The Morgan fingerprint density at radius 1 is 1.28 bits per heavy atom. The van der Waals surface area contributed by atoms with Crippen LogP contribution in [0.15, 0.2) is 49.1 Å². The van der Waals surface area contributed by atoms with Crippen LogP contribution in [0, 0.1) is 17.2 Å². The number of alkyl halides is 2. The highest BCUT2D eigenvalue weighted by molar-refractivity contribution is 7.88. The van der Waals surface area contributed by atoms with E-state index in [-0.39, 0.29) is 56.2 Å². The molecule has 1 aliphatic rings. The maximum Gasteiger partial charge on any atom is 0.388 e. The third kappa shape index (κ3) is 7.29. The summed E-state index contributed by atoms with van der Waals surface area (Å²) in [4.78, 5) is 31.2. The van der Waals surface area contributed by atoms with E-state index in [1.54, 1.807) is 35.2 Å². The lowest BCUT2D eigenvalue weighted by Gasteiger charge is -2.34. The number of halogens is 2. The summed E-state index contributed by atoms with van der Waals surface area (Å²) in [5.41, 5.74) is 0.0618. The number of hydrogen-bond acceptors (Lipinski definition) is 9. The molecule has 208 valence electrons. The molecule has 10 nitrogen and oxygen atoms in total. The van der Waals surface area contributed by atoms with Crippen molar-refractivity contribution < 1.29 is 36.3 Å². The number of amides is 1. The second-order valence-corrected chi connectivity index (χ2v) is 10.5. The number of ether oxygens (including phenoxy) is 2. The second-order valence-electron chi connectivity index (χ2n) is 8.58. The number of piperidine rings is 1. The fourth-order valence-electron chi connectivity index (χ4n) is 4.20. The van der Waals surface area contributed by atoms with Gasteiger partial charge in [0.05, 0.1) is 24.5 Å². The zero-order valence-electron chi connectivity index (χ0n) is 21.3. The van der Waals surface area contributed by atoms with E-state index in [1.807, 2.05) is 6.07 Å². The van der Waals surface area contributed by atoms with E-state index in [2.05, 4.69) is 16.3 Å². The van der Waals surface area contributed by atoms with Crippen molar-refractivity contribution >= 4 is 27.7 Å². The van der Waals surface area contributed by atoms with Crippen LogP contribution in [0.3, 0.4) is 0 Å². The Bertz CT molecular complexity index is 1340. The first-order valence-corrected chi connectivity index (χ1v) is 13.7. The molecular formula is C26H28F2N4O6S. The molecule has 0 N–H and O–H groups in total. The van der Waals surface area contributed by atoms with E-state index in [4.69, 9.17) is 4.74 Å². The lowest BCUT2D eigenvalue weighted by molar-refractivity contribution is -0.130. The van der Waals surface area contributed by atoms with Crippen molar-refractivity contribution in [2.24, 2.45) is 5.92 Å². The van der Waals surface area contributed by atoms with E-state index in [0.29, 0.717) is 5.56 Å². The number of sulfonamides is 1. The second kappa shape index (κ2) is 13.1. The first kappa shape index (κ1) is 29.5. The van der Waals surface area contributed by atoms with Crippen molar-refractivity contribution in [1.29, 1.82) is 5.26 Å². The van der Waals surface area contributed by atoms with Gasteiger partial charge in [-0.3, -0.25) is 4.79 Å². The van der Waals surface area contributed by atoms with E-state index in [9.17, 15) is 32.0 Å². The van der Waals surface area contributed by atoms with Gasteiger partial charge in [-0.05, 0) is 31.4 Å². The monoisotopic (exact) mass is 562 g/mol. The first-order chi connectivity index (χ1) is 18.6. The molecule has 0 saturated carbocycles. The Kier molecular flexibility index (Phi) is 9.95. The Morgan fingerprint density at radius 2 is 1.95 bits per heavy atom. The smallest absolute Gasteiger partial charge is 0.388 e. The summed E-state index contributed by atoms with van der Waals surface area (Å²) in [6, 6.07) is 11.5. The van der Waals surface area contributed by atoms with E-state index < -0.39 is 45.9 Å². The third-order valence-electron chi connectivity index (χ3n) is 6.00. The Balaban J connectivity index is 1.80. The lowest BCUT2D eigenvalue weighted by atomic mass is 9.95. The number of benzene rings is 1. The Morgan fingerprint density at radius 3 is 2.51 bits per heavy atom. The number of esters is 1. The van der Waals surface area contributed by atoms with Crippen molar-refractivity contribution in [2.75, 3.05) is 31.1 Å². The van der Waals surface area contributed by atoms with Crippen LogP contribution in [0.5, 0.6) is 5.88 Å². The van der Waals surface area contributed by atoms with Gasteiger partial charge in [-0.2, -0.15) is 19.0 Å². The summed E-state index contributed by atoms with van der Waals surface area (Å²) in [6.07, 6.45) is 1.77. The minimum absolute atomic E-state index is 0.00624. The molecule has 2 heterocycles. The normalized spacial score (nSPS) is 14.0. The van der Waals surface area contributed by atoms with Crippen molar-refractivity contribution in [3.8, 4) is 11.9 Å². The highest BCUT2D eigenvalue weighted by atomic mass is 32.2. The lowest BCUT2D eigenvalue weighted by Crippen LogP contribution is -2.45. The quantitative estimate of drug-likeness (QED) is 0.298. The molecule has 1 fully saturated rings. The average Bonchev–Trinajstić information content (AvgIpc) is 2.91. The molecule has 3 rings (SSSR count). The number of carbonyl (C=O) groups is 2. The van der Waals surface area contributed by atoms with Gasteiger partial charge in [0, 0.05) is 19.0 Å². The molecule has 0 radical (unpaired) electrons. The number of pyridine rings is 1. The third-order valence-corrected chi connectivity index (χ3v) is 7.69. The number of nitrogens with zero attached hydrogens (tertiary/aromatic N) is 4. The molecule has 0 spiro atoms. The van der Waals surface area contributed by atoms with Gasteiger partial charge in [0.25, 0.3) is 0 Å². The molecule has 0 aliphatic carbocycles. The largest absolute Gasteiger partial charge is 0.462 e. The van der Waals surface area contributed by atoms with Gasteiger partial charge >= 0.3 is 12.6 Å². The Hall–Kier alpha value is -4.05. The van der Waals surface area contributed by atoms with Crippen LogP contribution in [0.4, 0.5) is 14.6 Å². The number of nitriles is 1. The van der Waals surface area contributed by atoms with Crippen LogP contribution in [-0.2, 0) is 25.3 Å². The molecule has 0 unspecified atom stereocenters. The van der Waals surface area contributed by atoms with Crippen LogP contribution >= 0.6 is 0 Å². The number of anilines is 1. The van der Waals surface area contributed by atoms with Gasteiger partial charge < -0.3 is 14.4 Å². The molecule has 0 atom stereocenters.